The van der Waals surface area contributed by atoms with E-state index >= 15 is 0 Å². The highest BCUT2D eigenvalue weighted by Gasteiger charge is 2.28. The lowest BCUT2D eigenvalue weighted by atomic mass is 9.91. The maximum absolute atomic E-state index is 12.3. The van der Waals surface area contributed by atoms with Crippen LogP contribution in [0.4, 0.5) is 5.69 Å². The van der Waals surface area contributed by atoms with Crippen molar-refractivity contribution in [2.45, 2.75) is 52.1 Å². The molecule has 1 aromatic carbocycles. The van der Waals surface area contributed by atoms with E-state index in [0.29, 0.717) is 13.1 Å². The van der Waals surface area contributed by atoms with Gasteiger partial charge in [-0.15, -0.1) is 0 Å². The summed E-state index contributed by atoms with van der Waals surface area (Å²) in [6, 6.07) is 5.84. The number of likely N-dealkylation sites (tertiary alicyclic amines) is 1. The Morgan fingerprint density at radius 3 is 2.77 bits per heavy atom. The van der Waals surface area contributed by atoms with Gasteiger partial charge in [-0.2, -0.15) is 0 Å². The van der Waals surface area contributed by atoms with E-state index in [0.717, 1.165) is 36.0 Å². The molecule has 1 saturated heterocycles. The van der Waals surface area contributed by atoms with E-state index < -0.39 is 6.10 Å². The fourth-order valence-electron chi connectivity index (χ4n) is 4.03. The first kappa shape index (κ1) is 19.2. The van der Waals surface area contributed by atoms with E-state index in [-0.39, 0.29) is 12.5 Å². The molecule has 0 unspecified atom stereocenters. The van der Waals surface area contributed by atoms with Crippen LogP contribution in [0.25, 0.3) is 0 Å². The summed E-state index contributed by atoms with van der Waals surface area (Å²) in [7, 11) is 0. The predicted octanol–water partition coefficient (Wildman–Crippen LogP) is 2.98. The van der Waals surface area contributed by atoms with Crippen LogP contribution in [0.5, 0.6) is 5.75 Å². The number of rotatable bonds is 7. The average Bonchev–Trinajstić information content (AvgIpc) is 2.63. The Hall–Kier alpha value is -1.59. The molecule has 144 valence electrons. The Kier molecular flexibility index (Phi) is 6.54. The number of β-amino-alcohol motifs (C(OH)–C–C–N with tert-alkyl or cyclic N) is 1. The van der Waals surface area contributed by atoms with Crippen molar-refractivity contribution in [3.05, 3.63) is 23.8 Å². The maximum Gasteiger partial charge on any atom is 0.265 e. The van der Waals surface area contributed by atoms with Gasteiger partial charge < -0.3 is 19.6 Å². The standard InChI is InChI=1S/C21H32N2O3/c1-3-4-5-17-8-10-22(11-9-17)13-18(24)14-23-19-12-16(2)6-7-20(19)26-15-21(23)25/h6-7,12,17-18,24H,3-5,8-11,13-15H2,1-2H3/t18-/m1/s1. The largest absolute Gasteiger partial charge is 0.482 e. The van der Waals surface area contributed by atoms with E-state index in [9.17, 15) is 9.90 Å². The Morgan fingerprint density at radius 2 is 2.04 bits per heavy atom. The number of carbonyl (C=O) groups is 1. The van der Waals surface area contributed by atoms with Gasteiger partial charge in [0.1, 0.15) is 5.75 Å². The van der Waals surface area contributed by atoms with Crippen molar-refractivity contribution in [1.29, 1.82) is 0 Å². The molecule has 26 heavy (non-hydrogen) atoms. The maximum atomic E-state index is 12.3. The lowest BCUT2D eigenvalue weighted by Crippen LogP contribution is -2.47. The molecule has 0 spiro atoms. The Labute approximate surface area is 156 Å². The number of hydrogen-bond acceptors (Lipinski definition) is 4. The first-order valence-electron chi connectivity index (χ1n) is 10.0. The molecule has 1 atom stereocenters. The molecule has 2 aliphatic heterocycles. The van der Waals surface area contributed by atoms with Gasteiger partial charge in [0, 0.05) is 6.54 Å². The minimum Gasteiger partial charge on any atom is -0.482 e. The van der Waals surface area contributed by atoms with Crippen molar-refractivity contribution in [3.63, 3.8) is 0 Å². The normalized spacial score (nSPS) is 20.0. The first-order valence-corrected chi connectivity index (χ1v) is 10.0. The summed E-state index contributed by atoms with van der Waals surface area (Å²) in [6.07, 6.45) is 5.85. The molecule has 3 rings (SSSR count). The summed E-state index contributed by atoms with van der Waals surface area (Å²) in [4.78, 5) is 16.3. The summed E-state index contributed by atoms with van der Waals surface area (Å²) >= 11 is 0. The fourth-order valence-corrected chi connectivity index (χ4v) is 4.03. The molecule has 0 radical (unpaired) electrons. The molecule has 0 saturated carbocycles. The number of aliphatic hydroxyl groups is 1. The number of fused-ring (bicyclic) bond motifs is 1. The van der Waals surface area contributed by atoms with Crippen LogP contribution >= 0.6 is 0 Å². The number of ether oxygens (including phenoxy) is 1. The number of aryl methyl sites for hydroxylation is 1. The van der Waals surface area contributed by atoms with Crippen LogP contribution in [0.2, 0.25) is 0 Å². The number of anilines is 1. The predicted molar refractivity (Wildman–Crippen MR) is 104 cm³/mol. The molecule has 0 aliphatic carbocycles. The summed E-state index contributed by atoms with van der Waals surface area (Å²) in [5, 5.41) is 10.6. The van der Waals surface area contributed by atoms with Crippen LogP contribution in [-0.4, -0.2) is 54.8 Å². The summed E-state index contributed by atoms with van der Waals surface area (Å²) < 4.78 is 5.51. The molecule has 1 amide bonds. The third-order valence-corrected chi connectivity index (χ3v) is 5.59. The second-order valence-corrected chi connectivity index (χ2v) is 7.80. The number of benzene rings is 1. The van der Waals surface area contributed by atoms with Crippen LogP contribution in [0.15, 0.2) is 18.2 Å². The highest BCUT2D eigenvalue weighted by Crippen LogP contribution is 2.33. The van der Waals surface area contributed by atoms with E-state index in [1.165, 1.54) is 32.1 Å². The van der Waals surface area contributed by atoms with Crippen molar-refractivity contribution >= 4 is 11.6 Å². The first-order chi connectivity index (χ1) is 12.6. The molecule has 5 nitrogen and oxygen atoms in total. The van der Waals surface area contributed by atoms with Crippen molar-refractivity contribution in [1.82, 2.24) is 4.90 Å². The third kappa shape index (κ3) is 4.77. The van der Waals surface area contributed by atoms with Crippen molar-refractivity contribution in [2.24, 2.45) is 5.92 Å². The van der Waals surface area contributed by atoms with Gasteiger partial charge in [-0.1, -0.05) is 32.3 Å². The minimum absolute atomic E-state index is 0.0472. The van der Waals surface area contributed by atoms with Gasteiger partial charge in [0.05, 0.1) is 18.3 Å². The number of unbranched alkanes of at least 4 members (excludes halogenated alkanes) is 1. The van der Waals surface area contributed by atoms with E-state index in [1.54, 1.807) is 4.90 Å². The Balaban J connectivity index is 1.53. The molecule has 0 bridgehead atoms. The van der Waals surface area contributed by atoms with Crippen molar-refractivity contribution in [3.8, 4) is 5.75 Å². The van der Waals surface area contributed by atoms with Gasteiger partial charge in [0.15, 0.2) is 6.61 Å². The molecule has 2 aliphatic rings. The third-order valence-electron chi connectivity index (χ3n) is 5.59. The van der Waals surface area contributed by atoms with Gasteiger partial charge in [-0.3, -0.25) is 4.79 Å². The zero-order valence-corrected chi connectivity index (χ0v) is 16.1. The minimum atomic E-state index is -0.544. The van der Waals surface area contributed by atoms with Crippen LogP contribution in [-0.2, 0) is 4.79 Å². The summed E-state index contributed by atoms with van der Waals surface area (Å²) in [5.74, 6) is 1.48. The SMILES string of the molecule is CCCCC1CCN(C[C@@H](O)CN2C(=O)COc3ccc(C)cc32)CC1. The monoisotopic (exact) mass is 360 g/mol. The van der Waals surface area contributed by atoms with Gasteiger partial charge in [-0.05, 0) is 56.5 Å². The number of piperidine rings is 1. The Bertz CT molecular complexity index is 611. The number of nitrogens with zero attached hydrogens (tertiary/aromatic N) is 2. The number of aliphatic hydroxyl groups excluding tert-OH is 1. The van der Waals surface area contributed by atoms with Gasteiger partial charge in [0.25, 0.3) is 5.91 Å². The highest BCUT2D eigenvalue weighted by atomic mass is 16.5. The Morgan fingerprint density at radius 1 is 1.27 bits per heavy atom. The summed E-state index contributed by atoms with van der Waals surface area (Å²) in [5.41, 5.74) is 1.86. The van der Waals surface area contributed by atoms with Crippen molar-refractivity contribution in [2.75, 3.05) is 37.7 Å². The molecule has 0 aromatic heterocycles. The lowest BCUT2D eigenvalue weighted by molar-refractivity contribution is -0.121. The fraction of sp³-hybridized carbons (Fsp3) is 0.667. The average molecular weight is 360 g/mol. The van der Waals surface area contributed by atoms with Crippen LogP contribution in [0.3, 0.4) is 0 Å². The molecule has 1 fully saturated rings. The molecule has 1 aromatic rings. The zero-order chi connectivity index (χ0) is 18.5. The molecule has 1 N–H and O–H groups in total. The smallest absolute Gasteiger partial charge is 0.265 e. The van der Waals surface area contributed by atoms with Gasteiger partial charge in [-0.25, -0.2) is 0 Å². The highest BCUT2D eigenvalue weighted by molar-refractivity contribution is 5.98. The number of hydrogen-bond donors (Lipinski definition) is 1. The van der Waals surface area contributed by atoms with Gasteiger partial charge >= 0.3 is 0 Å². The van der Waals surface area contributed by atoms with Crippen LogP contribution in [0.1, 0.15) is 44.6 Å². The molecule has 2 heterocycles. The second kappa shape index (κ2) is 8.87. The number of carbonyl (C=O) groups excluding carboxylic acids is 1. The van der Waals surface area contributed by atoms with Crippen LogP contribution < -0.4 is 9.64 Å². The topological polar surface area (TPSA) is 53.0 Å². The lowest BCUT2D eigenvalue weighted by Gasteiger charge is -2.35. The molecular weight excluding hydrogens is 328 g/mol. The molecule has 5 heteroatoms. The van der Waals surface area contributed by atoms with E-state index in [2.05, 4.69) is 11.8 Å². The van der Waals surface area contributed by atoms with Crippen LogP contribution in [0, 0.1) is 12.8 Å². The van der Waals surface area contributed by atoms with E-state index in [4.69, 9.17) is 4.74 Å². The van der Waals surface area contributed by atoms with E-state index in [1.807, 2.05) is 25.1 Å². The second-order valence-electron chi connectivity index (χ2n) is 7.80. The van der Waals surface area contributed by atoms with Crippen molar-refractivity contribution < 1.29 is 14.6 Å². The number of amides is 1. The molecular formula is C21H32N2O3. The van der Waals surface area contributed by atoms with Gasteiger partial charge in [0.2, 0.25) is 0 Å². The quantitative estimate of drug-likeness (QED) is 0.812. The zero-order valence-electron chi connectivity index (χ0n) is 16.1. The summed E-state index contributed by atoms with van der Waals surface area (Å²) in [6.45, 7) is 7.36.